The normalized spacial score (nSPS) is 14.5. The van der Waals surface area contributed by atoms with Crippen LogP contribution in [0.25, 0.3) is 5.57 Å². The van der Waals surface area contributed by atoms with Crippen molar-refractivity contribution in [3.8, 4) is 5.75 Å². The van der Waals surface area contributed by atoms with Gasteiger partial charge in [-0.15, -0.1) is 0 Å². The molecule has 3 rings (SSSR count). The summed E-state index contributed by atoms with van der Waals surface area (Å²) in [6.07, 6.45) is 2.97. The predicted octanol–water partition coefficient (Wildman–Crippen LogP) is 3.54. The zero-order chi connectivity index (χ0) is 15.4. The molecule has 0 atom stereocenters. The first-order valence-corrected chi connectivity index (χ1v) is 7.51. The first-order chi connectivity index (χ1) is 10.8. The second kappa shape index (κ2) is 6.48. The van der Waals surface area contributed by atoms with Crippen LogP contribution in [0.2, 0.25) is 0 Å². The molecule has 0 bridgehead atoms. The number of carbonyl (C=O) groups is 1. The standard InChI is InChI=1S/C19H19NO2/c1-14(21)20-12-6-10-17-16-8-3-2-7-15(16)13-22-19-11-5-4-9-18(17)19/h2-5,7-11H,6,12-13H2,1H3,(H,20,21)/b17-10+. The molecule has 0 unspecified atom stereocenters. The Hall–Kier alpha value is -2.55. The highest BCUT2D eigenvalue weighted by Gasteiger charge is 2.17. The number of ether oxygens (including phenoxy) is 1. The third kappa shape index (κ3) is 3.03. The Morgan fingerprint density at radius 3 is 2.68 bits per heavy atom. The molecule has 3 heteroatoms. The first kappa shape index (κ1) is 14.4. The molecule has 1 N–H and O–H groups in total. The van der Waals surface area contributed by atoms with Crippen molar-refractivity contribution >= 4 is 11.5 Å². The SMILES string of the molecule is CC(=O)NCC/C=C1\c2ccccc2COc2ccccc21. The highest BCUT2D eigenvalue weighted by Crippen LogP contribution is 2.36. The van der Waals surface area contributed by atoms with Crippen molar-refractivity contribution in [3.05, 3.63) is 71.3 Å². The smallest absolute Gasteiger partial charge is 0.216 e. The van der Waals surface area contributed by atoms with Crippen LogP contribution in [0.1, 0.15) is 30.0 Å². The summed E-state index contributed by atoms with van der Waals surface area (Å²) in [6.45, 7) is 2.76. The molecule has 0 radical (unpaired) electrons. The monoisotopic (exact) mass is 293 g/mol. The average molecular weight is 293 g/mol. The van der Waals surface area contributed by atoms with Gasteiger partial charge in [-0.25, -0.2) is 0 Å². The number of para-hydroxylation sites is 1. The molecule has 0 aromatic heterocycles. The van der Waals surface area contributed by atoms with Crippen LogP contribution in [0.5, 0.6) is 5.75 Å². The van der Waals surface area contributed by atoms with E-state index in [0.29, 0.717) is 13.2 Å². The van der Waals surface area contributed by atoms with Gasteiger partial charge in [-0.2, -0.15) is 0 Å². The molecule has 2 aromatic carbocycles. The van der Waals surface area contributed by atoms with E-state index in [1.807, 2.05) is 24.3 Å². The maximum absolute atomic E-state index is 11.0. The van der Waals surface area contributed by atoms with E-state index >= 15 is 0 Å². The van der Waals surface area contributed by atoms with Crippen LogP contribution in [-0.2, 0) is 11.4 Å². The molecule has 0 aliphatic carbocycles. The quantitative estimate of drug-likeness (QED) is 0.879. The number of benzene rings is 2. The molecule has 0 saturated carbocycles. The topological polar surface area (TPSA) is 38.3 Å². The summed E-state index contributed by atoms with van der Waals surface area (Å²) >= 11 is 0. The predicted molar refractivity (Wildman–Crippen MR) is 87.6 cm³/mol. The van der Waals surface area contributed by atoms with Gasteiger partial charge in [0.05, 0.1) is 0 Å². The lowest BCUT2D eigenvalue weighted by molar-refractivity contribution is -0.118. The maximum Gasteiger partial charge on any atom is 0.216 e. The van der Waals surface area contributed by atoms with Crippen LogP contribution in [-0.4, -0.2) is 12.5 Å². The summed E-state index contributed by atoms with van der Waals surface area (Å²) in [5.74, 6) is 0.910. The zero-order valence-electron chi connectivity index (χ0n) is 12.6. The fraction of sp³-hybridized carbons (Fsp3) is 0.211. The summed E-state index contributed by atoms with van der Waals surface area (Å²) in [5.41, 5.74) is 4.67. The molecular formula is C19H19NO2. The Morgan fingerprint density at radius 1 is 1.14 bits per heavy atom. The summed E-state index contributed by atoms with van der Waals surface area (Å²) < 4.78 is 5.94. The molecule has 0 saturated heterocycles. The van der Waals surface area contributed by atoms with E-state index in [0.717, 1.165) is 17.7 Å². The van der Waals surface area contributed by atoms with Crippen molar-refractivity contribution in [2.75, 3.05) is 6.54 Å². The lowest BCUT2D eigenvalue weighted by Gasteiger charge is -2.10. The van der Waals surface area contributed by atoms with Crippen molar-refractivity contribution in [1.82, 2.24) is 5.32 Å². The first-order valence-electron chi connectivity index (χ1n) is 7.51. The highest BCUT2D eigenvalue weighted by atomic mass is 16.5. The van der Waals surface area contributed by atoms with Gasteiger partial charge in [-0.3, -0.25) is 4.79 Å². The van der Waals surface area contributed by atoms with Gasteiger partial charge in [0.1, 0.15) is 12.4 Å². The van der Waals surface area contributed by atoms with Gasteiger partial charge in [0.25, 0.3) is 0 Å². The third-order valence-electron chi connectivity index (χ3n) is 3.73. The van der Waals surface area contributed by atoms with Crippen molar-refractivity contribution in [3.63, 3.8) is 0 Å². The van der Waals surface area contributed by atoms with Crippen molar-refractivity contribution in [2.45, 2.75) is 20.0 Å². The Labute approximate surface area is 130 Å². The molecular weight excluding hydrogens is 274 g/mol. The van der Waals surface area contributed by atoms with Crippen molar-refractivity contribution < 1.29 is 9.53 Å². The molecule has 1 aliphatic rings. The minimum atomic E-state index is 0.00315. The number of nitrogens with one attached hydrogen (secondary N) is 1. The van der Waals surface area contributed by atoms with Crippen LogP contribution >= 0.6 is 0 Å². The molecule has 0 spiro atoms. The Morgan fingerprint density at radius 2 is 1.86 bits per heavy atom. The number of hydrogen-bond acceptors (Lipinski definition) is 2. The number of rotatable bonds is 3. The van der Waals surface area contributed by atoms with E-state index in [4.69, 9.17) is 4.74 Å². The number of fused-ring (bicyclic) bond motifs is 2. The van der Waals surface area contributed by atoms with Crippen LogP contribution < -0.4 is 10.1 Å². The minimum Gasteiger partial charge on any atom is -0.488 e. The second-order valence-corrected chi connectivity index (χ2v) is 5.33. The molecule has 22 heavy (non-hydrogen) atoms. The van der Waals surface area contributed by atoms with Gasteiger partial charge < -0.3 is 10.1 Å². The van der Waals surface area contributed by atoms with Gasteiger partial charge in [0.15, 0.2) is 0 Å². The van der Waals surface area contributed by atoms with Gasteiger partial charge in [0.2, 0.25) is 5.91 Å². The molecule has 3 nitrogen and oxygen atoms in total. The van der Waals surface area contributed by atoms with Gasteiger partial charge in [0, 0.05) is 19.0 Å². The summed E-state index contributed by atoms with van der Waals surface area (Å²) in [7, 11) is 0. The highest BCUT2D eigenvalue weighted by molar-refractivity contribution is 5.85. The lowest BCUT2D eigenvalue weighted by Crippen LogP contribution is -2.20. The maximum atomic E-state index is 11.0. The summed E-state index contributed by atoms with van der Waals surface area (Å²) in [5, 5.41) is 2.83. The van der Waals surface area contributed by atoms with Crippen LogP contribution in [0.3, 0.4) is 0 Å². The van der Waals surface area contributed by atoms with E-state index in [9.17, 15) is 4.79 Å². The fourth-order valence-corrected chi connectivity index (χ4v) is 2.71. The van der Waals surface area contributed by atoms with E-state index in [1.54, 1.807) is 0 Å². The average Bonchev–Trinajstić information content (AvgIpc) is 2.69. The molecule has 112 valence electrons. The van der Waals surface area contributed by atoms with E-state index in [-0.39, 0.29) is 5.91 Å². The molecule has 1 amide bonds. The molecule has 1 heterocycles. The summed E-state index contributed by atoms with van der Waals surface area (Å²) in [4.78, 5) is 11.0. The second-order valence-electron chi connectivity index (χ2n) is 5.33. The Balaban J connectivity index is 1.98. The molecule has 1 aliphatic heterocycles. The third-order valence-corrected chi connectivity index (χ3v) is 3.73. The zero-order valence-corrected chi connectivity index (χ0v) is 12.6. The number of carbonyl (C=O) groups excluding carboxylic acids is 1. The van der Waals surface area contributed by atoms with E-state index in [1.165, 1.54) is 23.6 Å². The van der Waals surface area contributed by atoms with Crippen LogP contribution in [0.4, 0.5) is 0 Å². The van der Waals surface area contributed by atoms with Crippen LogP contribution in [0.15, 0.2) is 54.6 Å². The molecule has 0 fully saturated rings. The lowest BCUT2D eigenvalue weighted by atomic mass is 9.93. The number of amides is 1. The van der Waals surface area contributed by atoms with Crippen molar-refractivity contribution in [2.24, 2.45) is 0 Å². The Kier molecular flexibility index (Phi) is 4.24. The van der Waals surface area contributed by atoms with E-state index < -0.39 is 0 Å². The van der Waals surface area contributed by atoms with Gasteiger partial charge in [-0.05, 0) is 29.2 Å². The Bertz CT molecular complexity index is 669. The summed E-state index contributed by atoms with van der Waals surface area (Å²) in [6, 6.07) is 16.4. The largest absolute Gasteiger partial charge is 0.488 e. The van der Waals surface area contributed by atoms with Gasteiger partial charge >= 0.3 is 0 Å². The van der Waals surface area contributed by atoms with Crippen LogP contribution in [0, 0.1) is 0 Å². The van der Waals surface area contributed by atoms with E-state index in [2.05, 4.69) is 35.7 Å². The molecule has 2 aromatic rings. The van der Waals surface area contributed by atoms with Crippen molar-refractivity contribution in [1.29, 1.82) is 0 Å². The number of hydrogen-bond donors (Lipinski definition) is 1. The fourth-order valence-electron chi connectivity index (χ4n) is 2.71. The van der Waals surface area contributed by atoms with Gasteiger partial charge in [-0.1, -0.05) is 48.5 Å². The minimum absolute atomic E-state index is 0.00315.